The lowest BCUT2D eigenvalue weighted by Gasteiger charge is -2.28. The lowest BCUT2D eigenvalue weighted by molar-refractivity contribution is -0.138. The number of likely N-dealkylation sites (tertiary alicyclic amines) is 1. The van der Waals surface area contributed by atoms with Crippen LogP contribution in [0, 0.1) is 0 Å². The number of anilines is 4. The van der Waals surface area contributed by atoms with E-state index in [1.165, 1.54) is 30.9 Å². The summed E-state index contributed by atoms with van der Waals surface area (Å²) in [6.07, 6.45) is 4.70. The summed E-state index contributed by atoms with van der Waals surface area (Å²) in [4.78, 5) is 84.3. The second-order valence-electron chi connectivity index (χ2n) is 21.8. The number of para-hydroxylation sites is 2. The van der Waals surface area contributed by atoms with Crippen LogP contribution >= 0.6 is 33.3 Å². The molecule has 5 aromatic carbocycles. The van der Waals surface area contributed by atoms with Gasteiger partial charge in [0.05, 0.1) is 49.9 Å². The van der Waals surface area contributed by atoms with Gasteiger partial charge in [-0.25, -0.2) is 0 Å². The third-order valence-electron chi connectivity index (χ3n) is 15.8. The van der Waals surface area contributed by atoms with Gasteiger partial charge in [0.15, 0.2) is 23.0 Å². The van der Waals surface area contributed by atoms with Crippen molar-refractivity contribution in [3.63, 3.8) is 0 Å². The summed E-state index contributed by atoms with van der Waals surface area (Å²) < 4.78 is 56.8. The Kier molecular flexibility index (Phi) is 18.5. The van der Waals surface area contributed by atoms with Crippen LogP contribution in [0.1, 0.15) is 94.5 Å². The highest BCUT2D eigenvalue weighted by atomic mass is 33.1. The topological polar surface area (TPSA) is 229 Å². The van der Waals surface area contributed by atoms with Crippen molar-refractivity contribution in [2.75, 3.05) is 73.4 Å². The molecule has 4 atom stereocenters. The van der Waals surface area contributed by atoms with Crippen LogP contribution in [0.25, 0.3) is 0 Å². The van der Waals surface area contributed by atoms with E-state index in [2.05, 4.69) is 29.8 Å². The highest BCUT2D eigenvalue weighted by molar-refractivity contribution is 8.77. The number of imide groups is 1. The van der Waals surface area contributed by atoms with E-state index in [4.69, 9.17) is 23.1 Å². The number of nitrogens with one attached hydrogen (secondary N) is 3. The summed E-state index contributed by atoms with van der Waals surface area (Å²) in [6, 6.07) is 26.8. The number of ether oxygens (including phenoxy) is 4. The van der Waals surface area contributed by atoms with Crippen LogP contribution in [0.3, 0.4) is 0 Å². The second-order valence-corrected chi connectivity index (χ2v) is 27.9. The number of carbonyl (C=O) groups excluding carboxylic acids is 6. The van der Waals surface area contributed by atoms with Crippen molar-refractivity contribution in [2.24, 2.45) is 0 Å². The van der Waals surface area contributed by atoms with Gasteiger partial charge in [-0.2, -0.15) is 20.2 Å². The highest BCUT2D eigenvalue weighted by Crippen LogP contribution is 2.45. The van der Waals surface area contributed by atoms with Gasteiger partial charge in [0.25, 0.3) is 21.9 Å². The Morgan fingerprint density at radius 1 is 0.726 bits per heavy atom. The van der Waals surface area contributed by atoms with Crippen LogP contribution in [0.4, 0.5) is 22.7 Å². The number of nitrogens with zero attached hydrogens (tertiary/aromatic N) is 3. The first kappa shape index (κ1) is 60.2. The first-order valence-corrected chi connectivity index (χ1v) is 32.9. The van der Waals surface area contributed by atoms with E-state index in [0.717, 1.165) is 30.3 Å². The zero-order valence-electron chi connectivity index (χ0n) is 47.7. The zero-order valence-corrected chi connectivity index (χ0v) is 50.9. The number of amides is 6. The normalized spacial score (nSPS) is 18.8. The highest BCUT2D eigenvalue weighted by Gasteiger charge is 2.48. The summed E-state index contributed by atoms with van der Waals surface area (Å²) in [5.74, 6) is 0.697. The first-order chi connectivity index (χ1) is 40.4. The Hall–Kier alpha value is -6.92. The predicted molar refractivity (Wildman–Crippen MR) is 327 cm³/mol. The molecule has 5 aliphatic rings. The molecule has 19 nitrogen and oxygen atoms in total. The van der Waals surface area contributed by atoms with Crippen molar-refractivity contribution in [2.45, 2.75) is 106 Å². The smallest absolute Gasteiger partial charge is 0.272 e. The molecule has 444 valence electrons. The van der Waals surface area contributed by atoms with Crippen LogP contribution in [-0.4, -0.2) is 129 Å². The number of thioether (sulfide) groups is 1. The van der Waals surface area contributed by atoms with E-state index >= 15 is 0 Å². The third kappa shape index (κ3) is 13.0. The zero-order chi connectivity index (χ0) is 59.5. The van der Waals surface area contributed by atoms with Crippen molar-refractivity contribution in [3.8, 4) is 23.0 Å². The molecule has 10 rings (SSSR count). The van der Waals surface area contributed by atoms with Gasteiger partial charge in [-0.05, 0) is 129 Å². The molecule has 0 saturated carbocycles. The van der Waals surface area contributed by atoms with Crippen LogP contribution in [0.5, 0.6) is 23.0 Å². The average Bonchev–Trinajstić information content (AvgIpc) is 1.89. The van der Waals surface area contributed by atoms with Gasteiger partial charge in [0.1, 0.15) is 18.5 Å². The quantitative estimate of drug-likeness (QED) is 0.0227. The fourth-order valence-electron chi connectivity index (χ4n) is 11.5. The van der Waals surface area contributed by atoms with Crippen molar-refractivity contribution in [1.82, 2.24) is 10.2 Å². The van der Waals surface area contributed by atoms with E-state index in [9.17, 15) is 37.2 Å². The van der Waals surface area contributed by atoms with E-state index in [1.54, 1.807) is 63.1 Å². The van der Waals surface area contributed by atoms with Gasteiger partial charge >= 0.3 is 0 Å². The molecule has 84 heavy (non-hydrogen) atoms. The summed E-state index contributed by atoms with van der Waals surface area (Å²) >= 11 is 1.36. The minimum Gasteiger partial charge on any atom is -0.493 e. The molecule has 2 unspecified atom stereocenters. The van der Waals surface area contributed by atoms with Crippen LogP contribution in [0.15, 0.2) is 91.0 Å². The van der Waals surface area contributed by atoms with Gasteiger partial charge in [-0.3, -0.25) is 37.9 Å². The summed E-state index contributed by atoms with van der Waals surface area (Å²) in [5.41, 5.74) is 7.12. The number of carbonyl (C=O) groups is 6. The number of hydrogen-bond acceptors (Lipinski definition) is 17. The summed E-state index contributed by atoms with van der Waals surface area (Å²) in [6.45, 7) is 5.01. The maximum atomic E-state index is 14.5. The number of benzene rings is 5. The number of methoxy groups -OCH3 is 2. The fourth-order valence-corrected chi connectivity index (χ4v) is 16.0. The molecule has 6 amide bonds. The average molecular weight is 1220 g/mol. The Balaban J connectivity index is 0.829. The Morgan fingerprint density at radius 3 is 2.04 bits per heavy atom. The van der Waals surface area contributed by atoms with Crippen molar-refractivity contribution >= 4 is 102 Å². The molecule has 0 radical (unpaired) electrons. The molecule has 5 heterocycles. The van der Waals surface area contributed by atoms with Crippen molar-refractivity contribution in [3.05, 3.63) is 130 Å². The maximum absolute atomic E-state index is 14.5. The van der Waals surface area contributed by atoms with Crippen molar-refractivity contribution < 1.29 is 60.3 Å². The molecule has 0 bridgehead atoms. The molecule has 0 aliphatic carbocycles. The molecule has 1 saturated heterocycles. The van der Waals surface area contributed by atoms with Crippen LogP contribution in [0.2, 0.25) is 0 Å². The summed E-state index contributed by atoms with van der Waals surface area (Å²) in [7, 11) is 3.25. The van der Waals surface area contributed by atoms with Crippen LogP contribution in [-0.2, 0) is 66.0 Å². The fraction of sp³-hybridized carbons (Fsp3) is 0.410. The SMILES string of the molecule is COc1cc2c(cc1OCc1cc(COc3cc4c(cc3OC)C(=O)N3c5ccccc5C[C@H]3CN4)cc(NC(=O)CCC(C)(C)SSCCCC(=O)NCCN3C(=O)CC(SC)C3=O)c1)CC(S(=O)(=O)OC)[C@@H]1Cc3ccccc3N1C2=O. The van der Waals surface area contributed by atoms with E-state index in [-0.39, 0.29) is 114 Å². The standard InChI is InChI=1S/C61H68N6O13S4/c1-61(2,83-82-21-11-16-55(68)62-19-20-65-57(70)32-53(81-6)60(65)73)18-17-56(69)64-41-23-36(22-37(24-41)35-80-52-31-45-44(30-50(52)77-4)59(72)66-42(33-63-45)25-38-12-7-9-14-46(38)66)34-79-51-27-40-28-54(84(74,75)78-5)48-26-39-13-8-10-15-47(39)67(48)58(71)43(40)29-49(51)76-3/h7-10,12-15,22-24,27,29-31,42,48,53-54,63H,11,16-21,25-26,28,32-35H2,1-6H3,(H,62,68)(H,64,69)/t42-,48-,53?,54?/m0/s1. The molecule has 0 spiro atoms. The van der Waals surface area contributed by atoms with E-state index < -0.39 is 21.4 Å². The van der Waals surface area contributed by atoms with E-state index in [1.807, 2.05) is 65.6 Å². The first-order valence-electron chi connectivity index (χ1n) is 27.8. The molecule has 23 heteroatoms. The van der Waals surface area contributed by atoms with Crippen molar-refractivity contribution in [1.29, 1.82) is 0 Å². The third-order valence-corrected chi connectivity index (χ3v) is 21.9. The minimum atomic E-state index is -4.14. The second kappa shape index (κ2) is 25.7. The minimum absolute atomic E-state index is 0.0181. The largest absolute Gasteiger partial charge is 0.493 e. The number of rotatable bonds is 24. The molecule has 3 N–H and O–H groups in total. The van der Waals surface area contributed by atoms with Gasteiger partial charge < -0.3 is 44.7 Å². The van der Waals surface area contributed by atoms with Crippen LogP contribution < -0.4 is 44.7 Å². The Bertz CT molecular complexity index is 3510. The molecule has 1 fully saturated rings. The lowest BCUT2D eigenvalue weighted by atomic mass is 9.99. The van der Waals surface area contributed by atoms with Gasteiger partial charge in [0, 0.05) is 78.1 Å². The molecular weight excluding hydrogens is 1150 g/mol. The number of hydrogen-bond donors (Lipinski definition) is 3. The molecule has 5 aromatic rings. The monoisotopic (exact) mass is 1220 g/mol. The maximum Gasteiger partial charge on any atom is 0.272 e. The Labute approximate surface area is 501 Å². The van der Waals surface area contributed by atoms with E-state index in [0.29, 0.717) is 88.8 Å². The Morgan fingerprint density at radius 2 is 1.37 bits per heavy atom. The summed E-state index contributed by atoms with van der Waals surface area (Å²) in [5, 5.41) is 7.94. The number of fused-ring (bicyclic) bond motifs is 8. The van der Waals surface area contributed by atoms with Gasteiger partial charge in [-0.1, -0.05) is 58.0 Å². The predicted octanol–water partition coefficient (Wildman–Crippen LogP) is 8.60. The molecule has 5 aliphatic heterocycles. The van der Waals surface area contributed by atoms with Gasteiger partial charge in [0.2, 0.25) is 23.6 Å². The molecular formula is C61H68N6O13S4. The lowest BCUT2D eigenvalue weighted by Crippen LogP contribution is -2.47. The molecule has 0 aromatic heterocycles. The van der Waals surface area contributed by atoms with Gasteiger partial charge in [-0.15, -0.1) is 0 Å².